The molecule has 6 nitrogen and oxygen atoms in total. The molecular weight excluding hydrogens is 329 g/mol. The van der Waals surface area contributed by atoms with E-state index in [9.17, 15) is 13.2 Å². The lowest BCUT2D eigenvalue weighted by Crippen LogP contribution is -2.41. The number of benzene rings is 1. The minimum atomic E-state index is -4.09. The number of carboxylic acid groups (broad SMARTS) is 1. The molecule has 1 atom stereocenters. The van der Waals surface area contributed by atoms with Crippen LogP contribution < -0.4 is 4.72 Å². The molecule has 0 aliphatic carbocycles. The van der Waals surface area contributed by atoms with E-state index in [1.165, 1.54) is 19.2 Å². The number of carboxylic acids is 1. The van der Waals surface area contributed by atoms with Crippen LogP contribution in [0.5, 0.6) is 0 Å². The molecule has 0 amide bonds. The zero-order valence-electron chi connectivity index (χ0n) is 10.5. The molecule has 0 aliphatic heterocycles. The van der Waals surface area contributed by atoms with Crippen molar-refractivity contribution in [3.8, 4) is 0 Å². The van der Waals surface area contributed by atoms with Crippen molar-refractivity contribution in [3.05, 3.63) is 28.2 Å². The molecule has 9 heteroatoms. The van der Waals surface area contributed by atoms with Crippen LogP contribution in [0.2, 0.25) is 10.0 Å². The van der Waals surface area contributed by atoms with Gasteiger partial charge in [0.05, 0.1) is 5.02 Å². The Morgan fingerprint density at radius 1 is 1.45 bits per heavy atom. The molecular formula is C11H13Cl2NO5S. The van der Waals surface area contributed by atoms with Crippen LogP contribution in [0.3, 0.4) is 0 Å². The van der Waals surface area contributed by atoms with E-state index in [0.717, 1.165) is 6.07 Å². The summed E-state index contributed by atoms with van der Waals surface area (Å²) in [6, 6.07) is 2.60. The number of carbonyl (C=O) groups is 1. The van der Waals surface area contributed by atoms with Gasteiger partial charge in [0.2, 0.25) is 10.0 Å². The predicted octanol–water partition coefficient (Wildman–Crippen LogP) is 1.76. The van der Waals surface area contributed by atoms with E-state index in [1.807, 2.05) is 0 Å². The van der Waals surface area contributed by atoms with Crippen molar-refractivity contribution in [2.24, 2.45) is 0 Å². The number of ether oxygens (including phenoxy) is 1. The topological polar surface area (TPSA) is 92.7 Å². The molecule has 1 rings (SSSR count). The summed E-state index contributed by atoms with van der Waals surface area (Å²) < 4.78 is 31.1. The van der Waals surface area contributed by atoms with Crippen LogP contribution in [0.1, 0.15) is 6.42 Å². The fourth-order valence-electron chi connectivity index (χ4n) is 1.40. The van der Waals surface area contributed by atoms with Crippen molar-refractivity contribution in [2.75, 3.05) is 13.7 Å². The van der Waals surface area contributed by atoms with Crippen molar-refractivity contribution in [2.45, 2.75) is 17.4 Å². The Balaban J connectivity index is 3.03. The van der Waals surface area contributed by atoms with E-state index >= 15 is 0 Å². The summed E-state index contributed by atoms with van der Waals surface area (Å²) in [6.07, 6.45) is -0.0107. The largest absolute Gasteiger partial charge is 0.480 e. The number of hydrogen-bond donors (Lipinski definition) is 2. The number of aliphatic carboxylic acids is 1. The van der Waals surface area contributed by atoms with Crippen LogP contribution in [-0.4, -0.2) is 39.3 Å². The van der Waals surface area contributed by atoms with E-state index in [-0.39, 0.29) is 28.0 Å². The quantitative estimate of drug-likeness (QED) is 0.788. The van der Waals surface area contributed by atoms with Gasteiger partial charge < -0.3 is 9.84 Å². The van der Waals surface area contributed by atoms with E-state index in [0.29, 0.717) is 0 Å². The lowest BCUT2D eigenvalue weighted by Gasteiger charge is -2.15. The molecule has 0 radical (unpaired) electrons. The van der Waals surface area contributed by atoms with E-state index in [2.05, 4.69) is 4.72 Å². The number of methoxy groups -OCH3 is 1. The summed E-state index contributed by atoms with van der Waals surface area (Å²) >= 11 is 11.5. The standard InChI is InChI=1S/C11H13Cl2NO5S/c1-19-5-4-9(11(15)16)14-20(17,18)10-6-7(12)2-3-8(10)13/h2-3,6,9,14H,4-5H2,1H3,(H,15,16). The summed E-state index contributed by atoms with van der Waals surface area (Å²) in [6.45, 7) is 0.1000. The SMILES string of the molecule is COCCC(NS(=O)(=O)c1cc(Cl)ccc1Cl)C(=O)O. The molecule has 1 unspecified atom stereocenters. The lowest BCUT2D eigenvalue weighted by atomic mass is 10.2. The van der Waals surface area contributed by atoms with Crippen molar-refractivity contribution in [3.63, 3.8) is 0 Å². The average Bonchev–Trinajstić information content (AvgIpc) is 2.36. The first-order chi connectivity index (χ1) is 9.27. The molecule has 2 N–H and O–H groups in total. The van der Waals surface area contributed by atoms with Gasteiger partial charge in [-0.1, -0.05) is 23.2 Å². The van der Waals surface area contributed by atoms with Crippen LogP contribution in [0.4, 0.5) is 0 Å². The van der Waals surface area contributed by atoms with E-state index in [1.54, 1.807) is 0 Å². The van der Waals surface area contributed by atoms with Gasteiger partial charge in [0.15, 0.2) is 0 Å². The van der Waals surface area contributed by atoms with Crippen molar-refractivity contribution in [1.82, 2.24) is 4.72 Å². The van der Waals surface area contributed by atoms with Crippen molar-refractivity contribution in [1.29, 1.82) is 0 Å². The monoisotopic (exact) mass is 341 g/mol. The zero-order chi connectivity index (χ0) is 15.3. The van der Waals surface area contributed by atoms with Crippen molar-refractivity contribution >= 4 is 39.2 Å². The Morgan fingerprint density at radius 2 is 2.10 bits per heavy atom. The summed E-state index contributed by atoms with van der Waals surface area (Å²) in [5.74, 6) is -1.30. The van der Waals surface area contributed by atoms with Crippen LogP contribution in [0, 0.1) is 0 Å². The van der Waals surface area contributed by atoms with Gasteiger partial charge in [-0.05, 0) is 24.6 Å². The molecule has 0 bridgehead atoms. The van der Waals surface area contributed by atoms with Gasteiger partial charge >= 0.3 is 5.97 Å². The van der Waals surface area contributed by atoms with E-state index < -0.39 is 22.0 Å². The third-order valence-corrected chi connectivity index (χ3v) is 4.58. The summed E-state index contributed by atoms with van der Waals surface area (Å²) in [4.78, 5) is 10.8. The average molecular weight is 342 g/mol. The minimum absolute atomic E-state index is 0.0107. The molecule has 0 fully saturated rings. The van der Waals surface area contributed by atoms with Gasteiger partial charge in [0.25, 0.3) is 0 Å². The Hall–Kier alpha value is -0.860. The smallest absolute Gasteiger partial charge is 0.321 e. The van der Waals surface area contributed by atoms with Gasteiger partial charge in [0.1, 0.15) is 10.9 Å². The van der Waals surface area contributed by atoms with Crippen LogP contribution >= 0.6 is 23.2 Å². The second kappa shape index (κ2) is 7.24. The minimum Gasteiger partial charge on any atom is -0.480 e. The maximum absolute atomic E-state index is 12.1. The van der Waals surface area contributed by atoms with Gasteiger partial charge in [-0.3, -0.25) is 4.79 Å². The highest BCUT2D eigenvalue weighted by Crippen LogP contribution is 2.25. The Bertz CT molecular complexity index is 590. The number of nitrogens with one attached hydrogen (secondary N) is 1. The van der Waals surface area contributed by atoms with Gasteiger partial charge in [-0.15, -0.1) is 0 Å². The zero-order valence-corrected chi connectivity index (χ0v) is 12.8. The first-order valence-corrected chi connectivity index (χ1v) is 7.71. The fraction of sp³-hybridized carbons (Fsp3) is 0.364. The summed E-state index contributed by atoms with van der Waals surface area (Å²) in [5.41, 5.74) is 0. The van der Waals surface area contributed by atoms with Gasteiger partial charge in [0, 0.05) is 18.7 Å². The fourth-order valence-corrected chi connectivity index (χ4v) is 3.39. The van der Waals surface area contributed by atoms with Crippen molar-refractivity contribution < 1.29 is 23.1 Å². The molecule has 0 aliphatic rings. The third kappa shape index (κ3) is 4.60. The Morgan fingerprint density at radius 3 is 2.65 bits per heavy atom. The first kappa shape index (κ1) is 17.2. The summed E-state index contributed by atoms with van der Waals surface area (Å²) in [7, 11) is -2.70. The highest BCUT2D eigenvalue weighted by atomic mass is 35.5. The summed E-state index contributed by atoms with van der Waals surface area (Å²) in [5, 5.41) is 9.13. The molecule has 0 spiro atoms. The van der Waals surface area contributed by atoms with Crippen LogP contribution in [0.25, 0.3) is 0 Å². The van der Waals surface area contributed by atoms with Crippen LogP contribution in [0.15, 0.2) is 23.1 Å². The third-order valence-electron chi connectivity index (χ3n) is 2.39. The van der Waals surface area contributed by atoms with E-state index in [4.69, 9.17) is 33.0 Å². The number of rotatable bonds is 7. The molecule has 1 aromatic carbocycles. The second-order valence-corrected chi connectivity index (χ2v) is 6.39. The van der Waals surface area contributed by atoms with Gasteiger partial charge in [-0.2, -0.15) is 4.72 Å². The highest BCUT2D eigenvalue weighted by Gasteiger charge is 2.26. The molecule has 0 heterocycles. The maximum atomic E-state index is 12.1. The molecule has 0 aromatic heterocycles. The number of halogens is 2. The molecule has 0 saturated heterocycles. The second-order valence-electron chi connectivity index (χ2n) is 3.87. The lowest BCUT2D eigenvalue weighted by molar-refractivity contribution is -0.139. The Labute approximate surface area is 126 Å². The molecule has 0 saturated carbocycles. The van der Waals surface area contributed by atoms with Gasteiger partial charge in [-0.25, -0.2) is 8.42 Å². The first-order valence-electron chi connectivity index (χ1n) is 5.47. The predicted molar refractivity (Wildman–Crippen MR) is 74.7 cm³/mol. The van der Waals surface area contributed by atoms with Crippen LogP contribution in [-0.2, 0) is 19.6 Å². The normalized spacial score (nSPS) is 13.2. The molecule has 20 heavy (non-hydrogen) atoms. The molecule has 112 valence electrons. The Kier molecular flexibility index (Phi) is 6.22. The number of sulfonamides is 1. The maximum Gasteiger partial charge on any atom is 0.321 e. The number of hydrogen-bond acceptors (Lipinski definition) is 4. The molecule has 1 aromatic rings. The highest BCUT2D eigenvalue weighted by molar-refractivity contribution is 7.89.